The van der Waals surface area contributed by atoms with Crippen molar-refractivity contribution in [3.63, 3.8) is 0 Å². The summed E-state index contributed by atoms with van der Waals surface area (Å²) in [6.07, 6.45) is 8.11. The van der Waals surface area contributed by atoms with Crippen LogP contribution in [-0.4, -0.2) is 82.7 Å². The number of carboxylic acid groups (broad SMARTS) is 1. The monoisotopic (exact) mass is 508 g/mol. The molecule has 10 nitrogen and oxygen atoms in total. The number of aliphatic carboxylic acids is 1. The van der Waals surface area contributed by atoms with E-state index >= 15 is 0 Å². The Morgan fingerprint density at radius 1 is 1.24 bits per heavy atom. The number of amides is 3. The summed E-state index contributed by atoms with van der Waals surface area (Å²) in [6.45, 7) is 0.761. The van der Waals surface area contributed by atoms with Gasteiger partial charge < -0.3 is 29.7 Å². The third-order valence-electron chi connectivity index (χ3n) is 7.58. The molecule has 0 spiro atoms. The Kier molecular flexibility index (Phi) is 6.66. The van der Waals surface area contributed by atoms with Crippen LogP contribution >= 0.6 is 0 Å². The van der Waals surface area contributed by atoms with Crippen molar-refractivity contribution in [2.75, 3.05) is 27.2 Å². The number of fused-ring (bicyclic) bond motifs is 3. The van der Waals surface area contributed by atoms with Crippen LogP contribution in [-0.2, 0) is 9.59 Å². The SMILES string of the molecule is COc1ccc2c(OC3CC4C(=O)NC5(C(=O)O)CC5/C=C\CCCCN(C)C(=O)N4C3)nccc2c1. The Morgan fingerprint density at radius 2 is 2.08 bits per heavy atom. The van der Waals surface area contributed by atoms with E-state index in [1.54, 1.807) is 25.3 Å². The van der Waals surface area contributed by atoms with Crippen molar-refractivity contribution in [2.24, 2.45) is 5.92 Å². The summed E-state index contributed by atoms with van der Waals surface area (Å²) < 4.78 is 11.6. The van der Waals surface area contributed by atoms with Crippen molar-refractivity contribution in [3.05, 3.63) is 42.6 Å². The molecule has 10 heteroatoms. The largest absolute Gasteiger partial charge is 0.497 e. The van der Waals surface area contributed by atoms with Crippen molar-refractivity contribution in [3.8, 4) is 11.6 Å². The average molecular weight is 509 g/mol. The second-order valence-electron chi connectivity index (χ2n) is 10.1. The number of carbonyl (C=O) groups is 3. The van der Waals surface area contributed by atoms with E-state index < -0.39 is 29.6 Å². The Hall–Kier alpha value is -3.82. The van der Waals surface area contributed by atoms with E-state index in [-0.39, 0.29) is 24.9 Å². The van der Waals surface area contributed by atoms with Crippen molar-refractivity contribution in [1.29, 1.82) is 0 Å². The lowest BCUT2D eigenvalue weighted by molar-refractivity contribution is -0.144. The number of aromatic nitrogens is 1. The minimum Gasteiger partial charge on any atom is -0.497 e. The maximum Gasteiger partial charge on any atom is 0.330 e. The van der Waals surface area contributed by atoms with Crippen LogP contribution in [0.3, 0.4) is 0 Å². The molecule has 1 saturated carbocycles. The van der Waals surface area contributed by atoms with Crippen molar-refractivity contribution in [1.82, 2.24) is 20.1 Å². The highest BCUT2D eigenvalue weighted by atomic mass is 16.5. The zero-order valence-electron chi connectivity index (χ0n) is 21.1. The number of rotatable bonds is 4. The van der Waals surface area contributed by atoms with E-state index in [0.717, 1.165) is 30.0 Å². The smallest absolute Gasteiger partial charge is 0.330 e. The van der Waals surface area contributed by atoms with Gasteiger partial charge in [-0.1, -0.05) is 12.2 Å². The summed E-state index contributed by atoms with van der Waals surface area (Å²) >= 11 is 0. The predicted molar refractivity (Wildman–Crippen MR) is 135 cm³/mol. The third kappa shape index (κ3) is 4.80. The van der Waals surface area contributed by atoms with Gasteiger partial charge in [0, 0.05) is 37.5 Å². The Bertz CT molecular complexity index is 1250. The van der Waals surface area contributed by atoms with Gasteiger partial charge in [-0.05, 0) is 55.3 Å². The van der Waals surface area contributed by atoms with Crippen LogP contribution < -0.4 is 14.8 Å². The Labute approximate surface area is 215 Å². The molecule has 2 N–H and O–H groups in total. The fraction of sp³-hybridized carbons (Fsp3) is 0.481. The maximum absolute atomic E-state index is 13.4. The van der Waals surface area contributed by atoms with Crippen LogP contribution in [0.2, 0.25) is 0 Å². The van der Waals surface area contributed by atoms with E-state index in [4.69, 9.17) is 9.47 Å². The van der Waals surface area contributed by atoms with Crippen LogP contribution in [0, 0.1) is 5.92 Å². The number of benzene rings is 1. The highest BCUT2D eigenvalue weighted by Gasteiger charge is 2.61. The second kappa shape index (κ2) is 9.91. The van der Waals surface area contributed by atoms with Gasteiger partial charge >= 0.3 is 12.0 Å². The molecular weight excluding hydrogens is 476 g/mol. The molecule has 1 aromatic carbocycles. The summed E-state index contributed by atoms with van der Waals surface area (Å²) in [5.74, 6) is -0.662. The number of urea groups is 1. The molecule has 2 aromatic rings. The zero-order valence-corrected chi connectivity index (χ0v) is 21.1. The van der Waals surface area contributed by atoms with Gasteiger partial charge in [-0.15, -0.1) is 0 Å². The molecule has 4 atom stereocenters. The minimum absolute atomic E-state index is 0.193. The molecule has 3 amide bonds. The maximum atomic E-state index is 13.4. The summed E-state index contributed by atoms with van der Waals surface area (Å²) in [7, 11) is 3.33. The molecule has 2 aliphatic heterocycles. The normalized spacial score (nSPS) is 29.1. The van der Waals surface area contributed by atoms with Gasteiger partial charge in [0.1, 0.15) is 23.4 Å². The topological polar surface area (TPSA) is 121 Å². The quantitative estimate of drug-likeness (QED) is 0.609. The number of methoxy groups -OCH3 is 1. The molecule has 0 bridgehead atoms. The van der Waals surface area contributed by atoms with Crippen molar-refractivity contribution in [2.45, 2.75) is 49.8 Å². The van der Waals surface area contributed by atoms with Gasteiger partial charge in [-0.2, -0.15) is 0 Å². The Balaban J connectivity index is 1.41. The molecule has 37 heavy (non-hydrogen) atoms. The fourth-order valence-electron chi connectivity index (χ4n) is 5.30. The van der Waals surface area contributed by atoms with E-state index in [9.17, 15) is 19.5 Å². The number of allylic oxidation sites excluding steroid dienone is 1. The van der Waals surface area contributed by atoms with E-state index in [2.05, 4.69) is 10.3 Å². The van der Waals surface area contributed by atoms with Crippen molar-refractivity contribution < 1.29 is 29.0 Å². The molecule has 196 valence electrons. The first-order valence-corrected chi connectivity index (χ1v) is 12.7. The van der Waals surface area contributed by atoms with Crippen LogP contribution in [0.4, 0.5) is 4.79 Å². The van der Waals surface area contributed by atoms with Gasteiger partial charge in [-0.3, -0.25) is 4.79 Å². The summed E-state index contributed by atoms with van der Waals surface area (Å²) in [5.41, 5.74) is -1.33. The molecule has 5 rings (SSSR count). The number of ether oxygens (including phenoxy) is 2. The zero-order chi connectivity index (χ0) is 26.2. The average Bonchev–Trinajstić information content (AvgIpc) is 3.43. The second-order valence-corrected chi connectivity index (χ2v) is 10.1. The predicted octanol–water partition coefficient (Wildman–Crippen LogP) is 2.82. The number of pyridine rings is 1. The molecule has 3 heterocycles. The number of carboxylic acids is 1. The lowest BCUT2D eigenvalue weighted by atomic mass is 10.1. The van der Waals surface area contributed by atoms with E-state index in [1.807, 2.05) is 36.4 Å². The number of carbonyl (C=O) groups excluding carboxylic acids is 2. The number of nitrogens with one attached hydrogen (secondary N) is 1. The first-order valence-electron chi connectivity index (χ1n) is 12.7. The highest BCUT2D eigenvalue weighted by molar-refractivity contribution is 5.94. The molecule has 4 unspecified atom stereocenters. The molecule has 0 radical (unpaired) electrons. The van der Waals surface area contributed by atoms with E-state index in [0.29, 0.717) is 24.6 Å². The summed E-state index contributed by atoms with van der Waals surface area (Å²) in [5, 5.41) is 14.4. The van der Waals surface area contributed by atoms with Gasteiger partial charge in [0.15, 0.2) is 0 Å². The fourth-order valence-corrected chi connectivity index (χ4v) is 5.30. The van der Waals surface area contributed by atoms with Gasteiger partial charge in [0.05, 0.1) is 13.7 Å². The number of hydrogen-bond donors (Lipinski definition) is 2. The highest BCUT2D eigenvalue weighted by Crippen LogP contribution is 2.45. The number of hydrogen-bond acceptors (Lipinski definition) is 6. The van der Waals surface area contributed by atoms with E-state index in [1.165, 1.54) is 4.90 Å². The van der Waals surface area contributed by atoms with Gasteiger partial charge in [0.25, 0.3) is 0 Å². The molecule has 1 aromatic heterocycles. The van der Waals surface area contributed by atoms with Crippen LogP contribution in [0.15, 0.2) is 42.6 Å². The van der Waals surface area contributed by atoms with Crippen LogP contribution in [0.5, 0.6) is 11.6 Å². The summed E-state index contributed by atoms with van der Waals surface area (Å²) in [4.78, 5) is 46.5. The molecule has 3 aliphatic rings. The minimum atomic E-state index is -1.33. The summed E-state index contributed by atoms with van der Waals surface area (Å²) in [6, 6.07) is 6.32. The third-order valence-corrected chi connectivity index (χ3v) is 7.58. The Morgan fingerprint density at radius 3 is 2.86 bits per heavy atom. The van der Waals surface area contributed by atoms with Crippen LogP contribution in [0.25, 0.3) is 10.8 Å². The first-order chi connectivity index (χ1) is 17.8. The van der Waals surface area contributed by atoms with Crippen LogP contribution in [0.1, 0.15) is 32.1 Å². The van der Waals surface area contributed by atoms with Gasteiger partial charge in [0.2, 0.25) is 11.8 Å². The van der Waals surface area contributed by atoms with Crippen molar-refractivity contribution >= 4 is 28.7 Å². The lowest BCUT2D eigenvalue weighted by Crippen LogP contribution is -2.54. The standard InChI is InChI=1S/C27H32N4O6/c1-30-12-6-4-3-5-7-18-15-27(18,25(33)34)29-23(32)22-14-20(16-31(22)26(30)35)37-24-21-9-8-19(36-2)13-17(21)10-11-28-24/h5,7-11,13,18,20,22H,3-4,6,12,14-16H2,1-2H3,(H,29,32)(H,33,34)/b7-5-. The molecule has 1 saturated heterocycles. The molecule has 1 aliphatic carbocycles. The lowest BCUT2D eigenvalue weighted by Gasteiger charge is -2.29. The van der Waals surface area contributed by atoms with Gasteiger partial charge in [-0.25, -0.2) is 14.6 Å². The molecule has 2 fully saturated rings. The molecular formula is C27H32N4O6. The number of nitrogens with zero attached hydrogens (tertiary/aromatic N) is 3. The first kappa shape index (κ1) is 24.9.